The van der Waals surface area contributed by atoms with E-state index < -0.39 is 5.60 Å². The molecular formula is C17H21ClFNO. The highest BCUT2D eigenvalue weighted by Gasteiger charge is 2.31. The maximum atomic E-state index is 13.1. The van der Waals surface area contributed by atoms with E-state index in [2.05, 4.69) is 5.32 Å². The Morgan fingerprint density at radius 1 is 1.00 bits per heavy atom. The van der Waals surface area contributed by atoms with Crippen molar-refractivity contribution in [1.82, 2.24) is 5.32 Å². The smallest absolute Gasteiger partial charge is 0.127 e. The highest BCUT2D eigenvalue weighted by atomic mass is 35.5. The quantitative estimate of drug-likeness (QED) is 0.886. The molecule has 0 saturated heterocycles. The van der Waals surface area contributed by atoms with Gasteiger partial charge < -0.3 is 10.4 Å². The zero-order valence-corrected chi connectivity index (χ0v) is 13.0. The minimum atomic E-state index is -1.17. The molecule has 4 heteroatoms. The monoisotopic (exact) mass is 309 g/mol. The van der Waals surface area contributed by atoms with Crippen molar-refractivity contribution in [3.8, 4) is 0 Å². The molecule has 0 spiro atoms. The molecule has 2 N–H and O–H groups in total. The van der Waals surface area contributed by atoms with Crippen LogP contribution in [0.5, 0.6) is 0 Å². The average Bonchev–Trinajstić information content (AvgIpc) is 2.46. The van der Waals surface area contributed by atoms with Gasteiger partial charge in [-0.25, -0.2) is 4.39 Å². The fourth-order valence-electron chi connectivity index (χ4n) is 2.16. The van der Waals surface area contributed by atoms with Crippen LogP contribution in [-0.4, -0.2) is 17.7 Å². The summed E-state index contributed by atoms with van der Waals surface area (Å²) in [4.78, 5) is 0. The van der Waals surface area contributed by atoms with Crippen LogP contribution in [0.2, 0.25) is 0 Å². The first-order valence-corrected chi connectivity index (χ1v) is 6.80. The molecule has 0 bridgehead atoms. The lowest BCUT2D eigenvalue weighted by Crippen LogP contribution is -2.41. The van der Waals surface area contributed by atoms with Crippen LogP contribution in [0.3, 0.4) is 0 Å². The number of nitrogens with one attached hydrogen (secondary N) is 1. The standard InChI is InChI=1S/C17H20FNO.ClH/c1-13(2)19-12-17(20,14-6-4-3-5-7-14)15-8-10-16(18)11-9-15;/h3-11,13,19-20H,12H2,1-2H3;1H. The van der Waals surface area contributed by atoms with Gasteiger partial charge in [0.1, 0.15) is 11.4 Å². The molecule has 0 aliphatic carbocycles. The van der Waals surface area contributed by atoms with Crippen LogP contribution in [0, 0.1) is 5.82 Å². The molecule has 2 aromatic rings. The number of hydrogen-bond acceptors (Lipinski definition) is 2. The lowest BCUT2D eigenvalue weighted by molar-refractivity contribution is 0.0777. The number of benzene rings is 2. The van der Waals surface area contributed by atoms with Crippen molar-refractivity contribution in [1.29, 1.82) is 0 Å². The van der Waals surface area contributed by atoms with E-state index in [0.29, 0.717) is 12.1 Å². The third-order valence-corrected chi connectivity index (χ3v) is 3.34. The topological polar surface area (TPSA) is 32.3 Å². The Morgan fingerprint density at radius 2 is 1.52 bits per heavy atom. The summed E-state index contributed by atoms with van der Waals surface area (Å²) in [7, 11) is 0. The van der Waals surface area contributed by atoms with E-state index in [-0.39, 0.29) is 24.3 Å². The first-order chi connectivity index (χ1) is 9.52. The zero-order valence-electron chi connectivity index (χ0n) is 12.2. The van der Waals surface area contributed by atoms with Crippen molar-refractivity contribution in [2.75, 3.05) is 6.54 Å². The van der Waals surface area contributed by atoms with E-state index in [9.17, 15) is 9.50 Å². The summed E-state index contributed by atoms with van der Waals surface area (Å²) in [5, 5.41) is 14.4. The van der Waals surface area contributed by atoms with Crippen molar-refractivity contribution in [3.63, 3.8) is 0 Å². The molecule has 2 aromatic carbocycles. The first kappa shape index (κ1) is 17.6. The van der Waals surface area contributed by atoms with E-state index in [1.165, 1.54) is 12.1 Å². The van der Waals surface area contributed by atoms with Gasteiger partial charge in [-0.1, -0.05) is 56.3 Å². The predicted octanol–water partition coefficient (Wildman–Crippen LogP) is 3.48. The van der Waals surface area contributed by atoms with Gasteiger partial charge in [-0.15, -0.1) is 12.4 Å². The first-order valence-electron chi connectivity index (χ1n) is 6.80. The summed E-state index contributed by atoms with van der Waals surface area (Å²) < 4.78 is 13.1. The molecule has 2 nitrogen and oxygen atoms in total. The Balaban J connectivity index is 0.00000220. The summed E-state index contributed by atoms with van der Waals surface area (Å²) >= 11 is 0. The molecule has 0 saturated carbocycles. The molecule has 0 aliphatic heterocycles. The largest absolute Gasteiger partial charge is 0.379 e. The second-order valence-electron chi connectivity index (χ2n) is 5.27. The van der Waals surface area contributed by atoms with Gasteiger partial charge in [0.2, 0.25) is 0 Å². The highest BCUT2D eigenvalue weighted by Crippen LogP contribution is 2.29. The third kappa shape index (κ3) is 4.27. The SMILES string of the molecule is CC(C)NCC(O)(c1ccccc1)c1ccc(F)cc1.Cl. The summed E-state index contributed by atoms with van der Waals surface area (Å²) in [5.74, 6) is -0.305. The molecule has 21 heavy (non-hydrogen) atoms. The Labute approximate surface area is 131 Å². The van der Waals surface area contributed by atoms with Crippen LogP contribution >= 0.6 is 12.4 Å². The van der Waals surface area contributed by atoms with Gasteiger partial charge in [0.05, 0.1) is 0 Å². The minimum absolute atomic E-state index is 0. The second kappa shape index (κ2) is 7.55. The molecule has 1 atom stereocenters. The Hall–Kier alpha value is -1.42. The van der Waals surface area contributed by atoms with Gasteiger partial charge >= 0.3 is 0 Å². The summed E-state index contributed by atoms with van der Waals surface area (Å²) in [6.45, 7) is 4.42. The molecule has 0 heterocycles. The Kier molecular flexibility index (Phi) is 6.34. The van der Waals surface area contributed by atoms with E-state index in [0.717, 1.165) is 5.56 Å². The number of aliphatic hydroxyl groups is 1. The molecular weight excluding hydrogens is 289 g/mol. The summed E-state index contributed by atoms with van der Waals surface area (Å²) in [6, 6.07) is 15.7. The molecule has 0 fully saturated rings. The fourth-order valence-corrected chi connectivity index (χ4v) is 2.16. The van der Waals surface area contributed by atoms with E-state index in [4.69, 9.17) is 0 Å². The molecule has 114 valence electrons. The lowest BCUT2D eigenvalue weighted by Gasteiger charge is -2.30. The average molecular weight is 310 g/mol. The van der Waals surface area contributed by atoms with Crippen molar-refractivity contribution in [2.45, 2.75) is 25.5 Å². The number of rotatable bonds is 5. The molecule has 2 rings (SSSR count). The van der Waals surface area contributed by atoms with Gasteiger partial charge in [-0.2, -0.15) is 0 Å². The Bertz CT molecular complexity index is 544. The van der Waals surface area contributed by atoms with Gasteiger partial charge in [-0.05, 0) is 23.3 Å². The zero-order chi connectivity index (χ0) is 14.6. The van der Waals surface area contributed by atoms with Crippen LogP contribution in [0.25, 0.3) is 0 Å². The van der Waals surface area contributed by atoms with E-state index >= 15 is 0 Å². The van der Waals surface area contributed by atoms with Crippen LogP contribution in [0.4, 0.5) is 4.39 Å². The third-order valence-electron chi connectivity index (χ3n) is 3.34. The predicted molar refractivity (Wildman–Crippen MR) is 86.2 cm³/mol. The maximum Gasteiger partial charge on any atom is 0.127 e. The van der Waals surface area contributed by atoms with Crippen molar-refractivity contribution in [2.24, 2.45) is 0 Å². The van der Waals surface area contributed by atoms with Gasteiger partial charge in [0.15, 0.2) is 0 Å². The lowest BCUT2D eigenvalue weighted by atomic mass is 9.86. The van der Waals surface area contributed by atoms with Crippen LogP contribution in [-0.2, 0) is 5.60 Å². The summed E-state index contributed by atoms with van der Waals surface area (Å²) in [6.07, 6.45) is 0. The molecule has 0 aromatic heterocycles. The number of hydrogen-bond donors (Lipinski definition) is 2. The summed E-state index contributed by atoms with van der Waals surface area (Å²) in [5.41, 5.74) is 0.303. The van der Waals surface area contributed by atoms with E-state index in [1.54, 1.807) is 12.1 Å². The second-order valence-corrected chi connectivity index (χ2v) is 5.27. The molecule has 0 aliphatic rings. The maximum absolute atomic E-state index is 13.1. The molecule has 0 radical (unpaired) electrons. The molecule has 0 amide bonds. The van der Waals surface area contributed by atoms with Crippen LogP contribution in [0.15, 0.2) is 54.6 Å². The Morgan fingerprint density at radius 3 is 2.05 bits per heavy atom. The number of halogens is 2. The normalized spacial score (nSPS) is 13.6. The van der Waals surface area contributed by atoms with Crippen molar-refractivity contribution >= 4 is 12.4 Å². The highest BCUT2D eigenvalue weighted by molar-refractivity contribution is 5.85. The van der Waals surface area contributed by atoms with Gasteiger partial charge in [0.25, 0.3) is 0 Å². The van der Waals surface area contributed by atoms with Crippen molar-refractivity contribution < 1.29 is 9.50 Å². The molecule has 1 unspecified atom stereocenters. The fraction of sp³-hybridized carbons (Fsp3) is 0.294. The van der Waals surface area contributed by atoms with E-state index in [1.807, 2.05) is 44.2 Å². The van der Waals surface area contributed by atoms with Crippen molar-refractivity contribution in [3.05, 3.63) is 71.5 Å². The van der Waals surface area contributed by atoms with Gasteiger partial charge in [0, 0.05) is 12.6 Å². The van der Waals surface area contributed by atoms with Crippen LogP contribution in [0.1, 0.15) is 25.0 Å². The minimum Gasteiger partial charge on any atom is -0.379 e. The van der Waals surface area contributed by atoms with Gasteiger partial charge in [-0.3, -0.25) is 0 Å². The van der Waals surface area contributed by atoms with Crippen LogP contribution < -0.4 is 5.32 Å².